The molecule has 3 aromatic rings. The Balaban J connectivity index is 1.91. The summed E-state index contributed by atoms with van der Waals surface area (Å²) in [6, 6.07) is 11.8. The maximum Gasteiger partial charge on any atom is 0.291 e. The highest BCUT2D eigenvalue weighted by Crippen LogP contribution is 2.21. The fourth-order valence-corrected chi connectivity index (χ4v) is 2.56. The van der Waals surface area contributed by atoms with E-state index in [0.29, 0.717) is 23.3 Å². The van der Waals surface area contributed by atoms with Crippen LogP contribution in [0.4, 0.5) is 5.69 Å². The summed E-state index contributed by atoms with van der Waals surface area (Å²) >= 11 is 0. The number of rotatable bonds is 4. The van der Waals surface area contributed by atoms with E-state index in [1.807, 2.05) is 26.8 Å². The van der Waals surface area contributed by atoms with Gasteiger partial charge in [-0.1, -0.05) is 6.07 Å². The van der Waals surface area contributed by atoms with Crippen molar-refractivity contribution in [3.63, 3.8) is 0 Å². The molecule has 5 heteroatoms. The zero-order chi connectivity index (χ0) is 18.0. The molecule has 0 radical (unpaired) electrons. The second-order valence-corrected chi connectivity index (χ2v) is 5.77. The molecule has 128 valence electrons. The predicted octanol–water partition coefficient (Wildman–Crippen LogP) is 4.06. The van der Waals surface area contributed by atoms with Gasteiger partial charge in [-0.15, -0.1) is 0 Å². The van der Waals surface area contributed by atoms with Gasteiger partial charge in [0.1, 0.15) is 11.3 Å². The average molecular weight is 337 g/mol. The van der Waals surface area contributed by atoms with Crippen LogP contribution in [0, 0.1) is 13.8 Å². The number of amides is 1. The first-order chi connectivity index (χ1) is 12.0. The standard InChI is InChI=1S/C20H19NO4/c1-4-24-15-8-6-14(7-9-15)21-20(23)18-11-17(22)16-10-5-12(2)13(3)19(16)25-18/h5-11H,4H2,1-3H3,(H,21,23). The SMILES string of the molecule is CCOc1ccc(NC(=O)c2cc(=O)c3ccc(C)c(C)c3o2)cc1. The van der Waals surface area contributed by atoms with E-state index in [2.05, 4.69) is 5.32 Å². The lowest BCUT2D eigenvalue weighted by Crippen LogP contribution is -2.15. The summed E-state index contributed by atoms with van der Waals surface area (Å²) in [5.41, 5.74) is 2.66. The minimum atomic E-state index is -0.468. The van der Waals surface area contributed by atoms with E-state index in [4.69, 9.17) is 9.15 Å². The third-order valence-electron chi connectivity index (χ3n) is 4.06. The lowest BCUT2D eigenvalue weighted by molar-refractivity contribution is 0.0997. The van der Waals surface area contributed by atoms with Gasteiger partial charge in [0.25, 0.3) is 5.91 Å². The normalized spacial score (nSPS) is 10.7. The number of nitrogens with one attached hydrogen (secondary N) is 1. The van der Waals surface area contributed by atoms with Crippen LogP contribution in [0.2, 0.25) is 0 Å². The first-order valence-electron chi connectivity index (χ1n) is 8.08. The minimum Gasteiger partial charge on any atom is -0.494 e. The fourth-order valence-electron chi connectivity index (χ4n) is 2.56. The summed E-state index contributed by atoms with van der Waals surface area (Å²) < 4.78 is 11.1. The highest BCUT2D eigenvalue weighted by Gasteiger charge is 2.14. The molecular formula is C20H19NO4. The van der Waals surface area contributed by atoms with Gasteiger partial charge in [0, 0.05) is 11.8 Å². The average Bonchev–Trinajstić information content (AvgIpc) is 2.60. The van der Waals surface area contributed by atoms with Crippen molar-refractivity contribution in [1.29, 1.82) is 0 Å². The Morgan fingerprint density at radius 3 is 2.52 bits per heavy atom. The first kappa shape index (κ1) is 16.8. The molecule has 0 aliphatic rings. The third kappa shape index (κ3) is 3.40. The van der Waals surface area contributed by atoms with E-state index in [1.165, 1.54) is 6.07 Å². The van der Waals surface area contributed by atoms with Crippen molar-refractivity contribution >= 4 is 22.6 Å². The van der Waals surface area contributed by atoms with Crippen molar-refractivity contribution < 1.29 is 13.9 Å². The summed E-state index contributed by atoms with van der Waals surface area (Å²) in [5.74, 6) is 0.244. The first-order valence-corrected chi connectivity index (χ1v) is 8.08. The molecule has 0 fully saturated rings. The van der Waals surface area contributed by atoms with Crippen molar-refractivity contribution in [2.75, 3.05) is 11.9 Å². The zero-order valence-corrected chi connectivity index (χ0v) is 14.4. The number of aryl methyl sites for hydroxylation is 2. The summed E-state index contributed by atoms with van der Waals surface area (Å²) in [5, 5.41) is 3.20. The third-order valence-corrected chi connectivity index (χ3v) is 4.06. The predicted molar refractivity (Wildman–Crippen MR) is 97.5 cm³/mol. The number of carbonyl (C=O) groups is 1. The van der Waals surface area contributed by atoms with E-state index < -0.39 is 5.91 Å². The molecule has 3 rings (SSSR count). The molecule has 0 saturated heterocycles. The van der Waals surface area contributed by atoms with E-state index >= 15 is 0 Å². The largest absolute Gasteiger partial charge is 0.494 e. The Morgan fingerprint density at radius 2 is 1.84 bits per heavy atom. The van der Waals surface area contributed by atoms with Gasteiger partial charge in [-0.2, -0.15) is 0 Å². The van der Waals surface area contributed by atoms with Crippen molar-refractivity contribution in [2.24, 2.45) is 0 Å². The molecule has 1 heterocycles. The molecule has 0 saturated carbocycles. The molecule has 2 aromatic carbocycles. The Bertz CT molecular complexity index is 987. The van der Waals surface area contributed by atoms with Crippen LogP contribution in [0.1, 0.15) is 28.6 Å². The molecule has 25 heavy (non-hydrogen) atoms. The lowest BCUT2D eigenvalue weighted by Gasteiger charge is -2.09. The molecule has 0 aliphatic heterocycles. The summed E-state index contributed by atoms with van der Waals surface area (Å²) in [4.78, 5) is 24.7. The number of benzene rings is 2. The van der Waals surface area contributed by atoms with Crippen LogP contribution in [0.15, 0.2) is 51.7 Å². The molecule has 0 aliphatic carbocycles. The number of fused-ring (bicyclic) bond motifs is 1. The number of ether oxygens (including phenoxy) is 1. The molecule has 1 amide bonds. The van der Waals surface area contributed by atoms with Crippen LogP contribution in [-0.2, 0) is 0 Å². The van der Waals surface area contributed by atoms with Gasteiger partial charge in [-0.05, 0) is 62.2 Å². The van der Waals surface area contributed by atoms with Crippen LogP contribution in [0.5, 0.6) is 5.75 Å². The van der Waals surface area contributed by atoms with E-state index in [-0.39, 0.29) is 11.2 Å². The maximum absolute atomic E-state index is 12.4. The molecular weight excluding hydrogens is 318 g/mol. The van der Waals surface area contributed by atoms with Crippen molar-refractivity contribution in [3.8, 4) is 5.75 Å². The van der Waals surface area contributed by atoms with Gasteiger partial charge in [0.05, 0.1) is 12.0 Å². The Hall–Kier alpha value is -3.08. The van der Waals surface area contributed by atoms with Gasteiger partial charge in [-0.3, -0.25) is 9.59 Å². The molecule has 1 aromatic heterocycles. The summed E-state index contributed by atoms with van der Waals surface area (Å²) in [6.07, 6.45) is 0. The van der Waals surface area contributed by atoms with Crippen LogP contribution in [0.25, 0.3) is 11.0 Å². The van der Waals surface area contributed by atoms with E-state index in [1.54, 1.807) is 30.3 Å². The van der Waals surface area contributed by atoms with Gasteiger partial charge in [0.2, 0.25) is 0 Å². The van der Waals surface area contributed by atoms with Crippen LogP contribution < -0.4 is 15.5 Å². The number of carbonyl (C=O) groups excluding carboxylic acids is 1. The quantitative estimate of drug-likeness (QED) is 0.779. The second kappa shape index (κ2) is 6.81. The Kier molecular flexibility index (Phi) is 4.57. The monoisotopic (exact) mass is 337 g/mol. The van der Waals surface area contributed by atoms with Gasteiger partial charge >= 0.3 is 0 Å². The minimum absolute atomic E-state index is 0.0138. The Morgan fingerprint density at radius 1 is 1.12 bits per heavy atom. The molecule has 1 N–H and O–H groups in total. The van der Waals surface area contributed by atoms with Crippen LogP contribution in [-0.4, -0.2) is 12.5 Å². The maximum atomic E-state index is 12.4. The van der Waals surface area contributed by atoms with E-state index in [0.717, 1.165) is 16.9 Å². The molecule has 5 nitrogen and oxygen atoms in total. The molecule has 0 bridgehead atoms. The summed E-state index contributed by atoms with van der Waals surface area (Å²) in [6.45, 7) is 6.28. The van der Waals surface area contributed by atoms with Gasteiger partial charge < -0.3 is 14.5 Å². The fraction of sp³-hybridized carbons (Fsp3) is 0.200. The number of hydrogen-bond acceptors (Lipinski definition) is 4. The van der Waals surface area contributed by atoms with Crippen molar-refractivity contribution in [2.45, 2.75) is 20.8 Å². The van der Waals surface area contributed by atoms with Gasteiger partial charge in [0.15, 0.2) is 11.2 Å². The highest BCUT2D eigenvalue weighted by atomic mass is 16.5. The molecule has 0 atom stereocenters. The molecule has 0 spiro atoms. The zero-order valence-electron chi connectivity index (χ0n) is 14.4. The smallest absolute Gasteiger partial charge is 0.291 e. The Labute approximate surface area is 145 Å². The summed E-state index contributed by atoms with van der Waals surface area (Å²) in [7, 11) is 0. The topological polar surface area (TPSA) is 68.5 Å². The lowest BCUT2D eigenvalue weighted by atomic mass is 10.1. The second-order valence-electron chi connectivity index (χ2n) is 5.77. The van der Waals surface area contributed by atoms with Crippen LogP contribution in [0.3, 0.4) is 0 Å². The highest BCUT2D eigenvalue weighted by molar-refractivity contribution is 6.03. The van der Waals surface area contributed by atoms with Gasteiger partial charge in [-0.25, -0.2) is 0 Å². The number of hydrogen-bond donors (Lipinski definition) is 1. The van der Waals surface area contributed by atoms with Crippen molar-refractivity contribution in [3.05, 3.63) is 69.6 Å². The van der Waals surface area contributed by atoms with Crippen molar-refractivity contribution in [1.82, 2.24) is 0 Å². The molecule has 0 unspecified atom stereocenters. The number of anilines is 1. The van der Waals surface area contributed by atoms with E-state index in [9.17, 15) is 9.59 Å². The van der Waals surface area contributed by atoms with Crippen LogP contribution >= 0.6 is 0 Å².